The maximum Gasteiger partial charge on any atom is 0.410 e. The summed E-state index contributed by atoms with van der Waals surface area (Å²) in [6.07, 6.45) is 6.07. The third-order valence-corrected chi connectivity index (χ3v) is 7.05. The van der Waals surface area contributed by atoms with Crippen LogP contribution in [0.2, 0.25) is 0 Å². The number of rotatable bonds is 8. The average Bonchev–Trinajstić information content (AvgIpc) is 3.62. The molecule has 2 amide bonds. The van der Waals surface area contributed by atoms with E-state index in [1.54, 1.807) is 31.1 Å². The topological polar surface area (TPSA) is 105 Å². The number of cyclic esters (lactones) is 1. The Hall–Kier alpha value is -3.00. The summed E-state index contributed by atoms with van der Waals surface area (Å²) in [6.45, 7) is 10.1. The Balaban J connectivity index is 1.42. The summed E-state index contributed by atoms with van der Waals surface area (Å²) in [5, 5.41) is 13.3. The maximum atomic E-state index is 13.0. The summed E-state index contributed by atoms with van der Waals surface area (Å²) in [6, 6.07) is 8.02. The third kappa shape index (κ3) is 5.81. The van der Waals surface area contributed by atoms with Crippen molar-refractivity contribution in [3.63, 3.8) is 0 Å². The number of aliphatic hydroxyl groups is 1. The van der Waals surface area contributed by atoms with Gasteiger partial charge in [-0.1, -0.05) is 38.1 Å². The zero-order valence-corrected chi connectivity index (χ0v) is 21.2. The Bertz CT molecular complexity index is 1060. The summed E-state index contributed by atoms with van der Waals surface area (Å²) in [7, 11) is 0. The van der Waals surface area contributed by atoms with E-state index in [-0.39, 0.29) is 35.8 Å². The second kappa shape index (κ2) is 9.57. The molecule has 1 unspecified atom stereocenters. The number of hydrogen-bond donors (Lipinski definition) is 2. The Kier molecular flexibility index (Phi) is 6.86. The van der Waals surface area contributed by atoms with E-state index >= 15 is 0 Å². The van der Waals surface area contributed by atoms with Crippen LogP contribution < -0.4 is 5.32 Å². The fourth-order valence-corrected chi connectivity index (χ4v) is 4.71. The van der Waals surface area contributed by atoms with Crippen LogP contribution in [0.1, 0.15) is 82.5 Å². The highest BCUT2D eigenvalue weighted by Crippen LogP contribution is 2.40. The van der Waals surface area contributed by atoms with Gasteiger partial charge in [0.2, 0.25) is 5.82 Å². The van der Waals surface area contributed by atoms with Crippen molar-refractivity contribution in [3.8, 4) is 11.1 Å². The molecule has 188 valence electrons. The van der Waals surface area contributed by atoms with Crippen LogP contribution in [-0.4, -0.2) is 55.8 Å². The zero-order valence-electron chi connectivity index (χ0n) is 21.2. The SMILES string of the molecule is CC(C)C1(CC(C)(C)O)CCN([C@@H](C)c2ccc(-c3cnc(C(=O)NC4CC4)nc3)cc2)C(=O)O1. The smallest absolute Gasteiger partial charge is 0.410 e. The molecule has 8 heteroatoms. The van der Waals surface area contributed by atoms with E-state index < -0.39 is 11.2 Å². The van der Waals surface area contributed by atoms with Crippen molar-refractivity contribution in [1.82, 2.24) is 20.2 Å². The number of benzene rings is 1. The summed E-state index contributed by atoms with van der Waals surface area (Å²) in [4.78, 5) is 35.3. The van der Waals surface area contributed by atoms with Gasteiger partial charge in [0.25, 0.3) is 5.91 Å². The second-order valence-electron chi connectivity index (χ2n) is 10.9. The van der Waals surface area contributed by atoms with Gasteiger partial charge in [0.05, 0.1) is 11.6 Å². The molecule has 35 heavy (non-hydrogen) atoms. The molecule has 2 N–H and O–H groups in total. The summed E-state index contributed by atoms with van der Waals surface area (Å²) < 4.78 is 6.00. The number of hydrogen-bond acceptors (Lipinski definition) is 6. The molecule has 8 nitrogen and oxygen atoms in total. The minimum absolute atomic E-state index is 0.100. The van der Waals surface area contributed by atoms with Crippen LogP contribution >= 0.6 is 0 Å². The van der Waals surface area contributed by atoms with Gasteiger partial charge in [0, 0.05) is 43.4 Å². The van der Waals surface area contributed by atoms with Crippen molar-refractivity contribution < 1.29 is 19.4 Å². The van der Waals surface area contributed by atoms with Gasteiger partial charge in [-0.15, -0.1) is 0 Å². The molecule has 2 aliphatic rings. The molecule has 1 aromatic carbocycles. The molecule has 2 heterocycles. The average molecular weight is 481 g/mol. The van der Waals surface area contributed by atoms with Gasteiger partial charge in [-0.05, 0) is 50.7 Å². The lowest BCUT2D eigenvalue weighted by molar-refractivity contribution is -0.119. The van der Waals surface area contributed by atoms with E-state index in [9.17, 15) is 14.7 Å². The quantitative estimate of drug-likeness (QED) is 0.577. The number of aromatic nitrogens is 2. The minimum atomic E-state index is -0.920. The zero-order chi connectivity index (χ0) is 25.4. The highest BCUT2D eigenvalue weighted by atomic mass is 16.6. The standard InChI is InChI=1S/C27H36N4O4/c1-17(2)27(16-26(4,5)34)12-13-31(25(33)35-27)18(3)19-6-8-20(9-7-19)21-14-28-23(29-15-21)24(32)30-22-10-11-22/h6-9,14-15,17-18,22,34H,10-13,16H2,1-5H3,(H,30,32)/t18-,27?/m0/s1. The van der Waals surface area contributed by atoms with E-state index in [1.165, 1.54) is 0 Å². The van der Waals surface area contributed by atoms with Crippen LogP contribution in [0.4, 0.5) is 4.79 Å². The van der Waals surface area contributed by atoms with E-state index in [1.807, 2.05) is 45.0 Å². The Morgan fingerprint density at radius 2 is 1.80 bits per heavy atom. The second-order valence-corrected chi connectivity index (χ2v) is 10.9. The third-order valence-electron chi connectivity index (χ3n) is 7.05. The largest absolute Gasteiger partial charge is 0.442 e. The molecule has 1 saturated carbocycles. The molecular weight excluding hydrogens is 444 g/mol. The molecule has 0 bridgehead atoms. The first-order chi connectivity index (χ1) is 16.5. The lowest BCUT2D eigenvalue weighted by Gasteiger charge is -2.47. The molecule has 4 rings (SSSR count). The van der Waals surface area contributed by atoms with Gasteiger partial charge >= 0.3 is 6.09 Å². The van der Waals surface area contributed by atoms with Gasteiger partial charge < -0.3 is 20.1 Å². The van der Waals surface area contributed by atoms with Crippen LogP contribution in [0.3, 0.4) is 0 Å². The van der Waals surface area contributed by atoms with Crippen LogP contribution in [-0.2, 0) is 4.74 Å². The molecule has 1 aliphatic carbocycles. The van der Waals surface area contributed by atoms with Crippen molar-refractivity contribution in [2.45, 2.75) is 83.6 Å². The van der Waals surface area contributed by atoms with E-state index in [0.717, 1.165) is 29.5 Å². The van der Waals surface area contributed by atoms with Gasteiger partial charge in [0.1, 0.15) is 5.60 Å². The van der Waals surface area contributed by atoms with Gasteiger partial charge in [-0.2, -0.15) is 0 Å². The van der Waals surface area contributed by atoms with E-state index in [4.69, 9.17) is 4.74 Å². The number of nitrogens with zero attached hydrogens (tertiary/aromatic N) is 3. The monoisotopic (exact) mass is 480 g/mol. The van der Waals surface area contributed by atoms with Gasteiger partial charge in [0.15, 0.2) is 0 Å². The molecule has 0 radical (unpaired) electrons. The lowest BCUT2D eigenvalue weighted by atomic mass is 9.77. The van der Waals surface area contributed by atoms with Crippen molar-refractivity contribution in [2.24, 2.45) is 5.92 Å². The molecule has 2 fully saturated rings. The van der Waals surface area contributed by atoms with Crippen molar-refractivity contribution in [3.05, 3.63) is 48.0 Å². The first-order valence-electron chi connectivity index (χ1n) is 12.4. The number of carbonyl (C=O) groups excluding carboxylic acids is 2. The molecule has 2 atom stereocenters. The number of carbonyl (C=O) groups is 2. The first-order valence-corrected chi connectivity index (χ1v) is 12.4. The summed E-state index contributed by atoms with van der Waals surface area (Å²) in [5.74, 6) is 0.0419. The van der Waals surface area contributed by atoms with Crippen molar-refractivity contribution >= 4 is 12.0 Å². The van der Waals surface area contributed by atoms with Crippen molar-refractivity contribution in [1.29, 1.82) is 0 Å². The molecule has 1 saturated heterocycles. The Morgan fingerprint density at radius 1 is 1.17 bits per heavy atom. The van der Waals surface area contributed by atoms with Crippen LogP contribution in [0.5, 0.6) is 0 Å². The molecule has 1 aromatic heterocycles. The summed E-state index contributed by atoms with van der Waals surface area (Å²) >= 11 is 0. The first kappa shape index (κ1) is 25.1. The highest BCUT2D eigenvalue weighted by molar-refractivity contribution is 5.91. The highest BCUT2D eigenvalue weighted by Gasteiger charge is 2.47. The van der Waals surface area contributed by atoms with Crippen LogP contribution in [0.15, 0.2) is 36.7 Å². The number of amides is 2. The number of nitrogens with one attached hydrogen (secondary N) is 1. The van der Waals surface area contributed by atoms with Gasteiger partial charge in [-0.3, -0.25) is 4.79 Å². The fraction of sp³-hybridized carbons (Fsp3) is 0.556. The molecular formula is C27H36N4O4. The Morgan fingerprint density at radius 3 is 2.31 bits per heavy atom. The minimum Gasteiger partial charge on any atom is -0.442 e. The van der Waals surface area contributed by atoms with E-state index in [0.29, 0.717) is 19.4 Å². The normalized spacial score (nSPS) is 21.6. The van der Waals surface area contributed by atoms with Gasteiger partial charge in [-0.25, -0.2) is 14.8 Å². The van der Waals surface area contributed by atoms with E-state index in [2.05, 4.69) is 15.3 Å². The van der Waals surface area contributed by atoms with Crippen LogP contribution in [0.25, 0.3) is 11.1 Å². The molecule has 0 spiro atoms. The molecule has 1 aliphatic heterocycles. The molecule has 2 aromatic rings. The maximum absolute atomic E-state index is 13.0. The van der Waals surface area contributed by atoms with Crippen LogP contribution in [0, 0.1) is 5.92 Å². The fourth-order valence-electron chi connectivity index (χ4n) is 4.71. The Labute approximate surface area is 207 Å². The predicted molar refractivity (Wildman–Crippen MR) is 133 cm³/mol. The summed E-state index contributed by atoms with van der Waals surface area (Å²) in [5.41, 5.74) is 1.15. The predicted octanol–water partition coefficient (Wildman–Crippen LogP) is 4.49. The number of ether oxygens (including phenoxy) is 1. The lowest BCUT2D eigenvalue weighted by Crippen LogP contribution is -2.55. The van der Waals surface area contributed by atoms with Crippen molar-refractivity contribution in [2.75, 3.05) is 6.54 Å².